The van der Waals surface area contributed by atoms with Crippen molar-refractivity contribution in [3.05, 3.63) is 24.4 Å². The number of carbonyl (C=O) groups excluding carboxylic acids is 1. The maximum Gasteiger partial charge on any atom is 0.224 e. The summed E-state index contributed by atoms with van der Waals surface area (Å²) in [5.74, 6) is 0.0440. The van der Waals surface area contributed by atoms with Gasteiger partial charge in [0.05, 0.1) is 0 Å². The Morgan fingerprint density at radius 1 is 1.60 bits per heavy atom. The second-order valence-electron chi connectivity index (χ2n) is 2.03. The number of allylic oxidation sites excluding steroid dienone is 2. The smallest absolute Gasteiger partial charge is 0.224 e. The first-order valence-corrected chi connectivity index (χ1v) is 3.91. The predicted octanol–water partition coefficient (Wildman–Crippen LogP) is 1.64. The molecule has 0 aliphatic carbocycles. The monoisotopic (exact) mass is 201 g/mol. The molecule has 0 radical (unpaired) electrons. The van der Waals surface area contributed by atoms with E-state index in [-0.39, 0.29) is 10.9 Å². The first kappa shape index (κ1) is 7.54. The summed E-state index contributed by atoms with van der Waals surface area (Å²) in [6.07, 6.45) is 7.39. The molecule has 0 fully saturated rings. The first-order chi connectivity index (χ1) is 4.72. The van der Waals surface area contributed by atoms with Crippen LogP contribution in [0.4, 0.5) is 0 Å². The van der Waals surface area contributed by atoms with E-state index in [9.17, 15) is 4.79 Å². The number of halogens is 1. The highest BCUT2D eigenvalue weighted by Crippen LogP contribution is 2.13. The summed E-state index contributed by atoms with van der Waals surface area (Å²) in [7, 11) is 0. The summed E-state index contributed by atoms with van der Waals surface area (Å²) in [5.41, 5.74) is 0. The number of nitrogens with zero attached hydrogens (tertiary/aromatic N) is 1. The number of hydrogen-bond acceptors (Lipinski definition) is 1. The van der Waals surface area contributed by atoms with Gasteiger partial charge in [-0.1, -0.05) is 28.1 Å². The van der Waals surface area contributed by atoms with Crippen molar-refractivity contribution in [2.45, 2.75) is 11.9 Å². The van der Waals surface area contributed by atoms with Gasteiger partial charge in [0.15, 0.2) is 0 Å². The molecule has 0 aromatic rings. The Labute approximate surface area is 68.3 Å². The molecule has 1 unspecified atom stereocenters. The topological polar surface area (TPSA) is 20.3 Å². The van der Waals surface area contributed by atoms with Crippen LogP contribution in [0, 0.1) is 0 Å². The fourth-order valence-electron chi connectivity index (χ4n) is 0.752. The summed E-state index contributed by atoms with van der Waals surface area (Å²) in [5, 5.41) is 0. The third-order valence-electron chi connectivity index (χ3n) is 1.26. The van der Waals surface area contributed by atoms with Gasteiger partial charge in [0.25, 0.3) is 0 Å². The van der Waals surface area contributed by atoms with Crippen molar-refractivity contribution in [3.8, 4) is 0 Å². The van der Waals surface area contributed by atoms with Crippen molar-refractivity contribution in [1.29, 1.82) is 0 Å². The average Bonchev–Trinajstić information content (AvgIpc) is 1.88. The minimum atomic E-state index is 0.0231. The molecule has 0 bridgehead atoms. The van der Waals surface area contributed by atoms with E-state index in [2.05, 4.69) is 15.9 Å². The molecular weight excluding hydrogens is 194 g/mol. The minimum Gasteiger partial charge on any atom is -0.303 e. The minimum absolute atomic E-state index is 0.0231. The lowest BCUT2D eigenvalue weighted by atomic mass is 10.3. The molecule has 1 aliphatic rings. The molecule has 1 atom stereocenters. The third kappa shape index (κ3) is 1.48. The van der Waals surface area contributed by atoms with Gasteiger partial charge in [-0.3, -0.25) is 4.79 Å². The van der Waals surface area contributed by atoms with Crippen LogP contribution in [0.3, 0.4) is 0 Å². The largest absolute Gasteiger partial charge is 0.303 e. The lowest BCUT2D eigenvalue weighted by Crippen LogP contribution is -2.29. The third-order valence-corrected chi connectivity index (χ3v) is 2.00. The molecule has 3 heteroatoms. The van der Waals surface area contributed by atoms with Gasteiger partial charge in [-0.25, -0.2) is 0 Å². The van der Waals surface area contributed by atoms with Crippen molar-refractivity contribution in [2.75, 3.05) is 0 Å². The van der Waals surface area contributed by atoms with Gasteiger partial charge in [-0.05, 0) is 6.08 Å². The first-order valence-electron chi connectivity index (χ1n) is 3.00. The molecule has 2 nitrogen and oxygen atoms in total. The quantitative estimate of drug-likeness (QED) is 0.432. The normalized spacial score (nSPS) is 23.4. The Kier molecular flexibility index (Phi) is 2.27. The molecule has 1 heterocycles. The fourth-order valence-corrected chi connectivity index (χ4v) is 1.35. The predicted molar refractivity (Wildman–Crippen MR) is 43.5 cm³/mol. The summed E-state index contributed by atoms with van der Waals surface area (Å²) in [6, 6.07) is 0. The lowest BCUT2D eigenvalue weighted by Gasteiger charge is -2.21. The SMILES string of the molecule is CC(=O)N1C=CC=CC1Br. The van der Waals surface area contributed by atoms with E-state index in [1.807, 2.05) is 18.2 Å². The van der Waals surface area contributed by atoms with Crippen molar-refractivity contribution >= 4 is 21.8 Å². The summed E-state index contributed by atoms with van der Waals surface area (Å²) < 4.78 is 0. The molecule has 0 saturated heterocycles. The molecule has 0 N–H and O–H groups in total. The molecule has 0 aromatic heterocycles. The van der Waals surface area contributed by atoms with Crippen molar-refractivity contribution in [1.82, 2.24) is 4.90 Å². The van der Waals surface area contributed by atoms with E-state index < -0.39 is 0 Å². The molecule has 1 aliphatic heterocycles. The second-order valence-corrected chi connectivity index (χ2v) is 2.96. The Hall–Kier alpha value is -0.570. The Morgan fingerprint density at radius 2 is 2.30 bits per heavy atom. The highest BCUT2D eigenvalue weighted by Gasteiger charge is 2.13. The van der Waals surface area contributed by atoms with Crippen LogP contribution in [-0.2, 0) is 4.79 Å². The molecule has 1 rings (SSSR count). The maximum absolute atomic E-state index is 10.8. The zero-order valence-corrected chi connectivity index (χ0v) is 7.21. The standard InChI is InChI=1S/C7H8BrNO/c1-6(10)9-5-3-2-4-7(9)8/h2-5,7H,1H3. The van der Waals surface area contributed by atoms with Crippen LogP contribution in [0.2, 0.25) is 0 Å². The van der Waals surface area contributed by atoms with E-state index in [0.717, 1.165) is 0 Å². The van der Waals surface area contributed by atoms with Gasteiger partial charge in [0.2, 0.25) is 5.91 Å². The van der Waals surface area contributed by atoms with Crippen LogP contribution >= 0.6 is 15.9 Å². The van der Waals surface area contributed by atoms with Gasteiger partial charge in [0, 0.05) is 13.1 Å². The highest BCUT2D eigenvalue weighted by atomic mass is 79.9. The molecule has 10 heavy (non-hydrogen) atoms. The van der Waals surface area contributed by atoms with Gasteiger partial charge >= 0.3 is 0 Å². The summed E-state index contributed by atoms with van der Waals surface area (Å²) in [6.45, 7) is 1.54. The second kappa shape index (κ2) is 3.01. The Balaban J connectivity index is 2.70. The van der Waals surface area contributed by atoms with Gasteiger partial charge < -0.3 is 4.90 Å². The van der Waals surface area contributed by atoms with E-state index in [1.165, 1.54) is 6.92 Å². The van der Waals surface area contributed by atoms with E-state index in [1.54, 1.807) is 11.1 Å². The number of carbonyl (C=O) groups is 1. The lowest BCUT2D eigenvalue weighted by molar-refractivity contribution is -0.126. The molecule has 0 aromatic carbocycles. The summed E-state index contributed by atoms with van der Waals surface area (Å²) >= 11 is 3.32. The van der Waals surface area contributed by atoms with Crippen molar-refractivity contribution in [3.63, 3.8) is 0 Å². The number of rotatable bonds is 0. The Bertz CT molecular complexity index is 198. The van der Waals surface area contributed by atoms with Crippen molar-refractivity contribution in [2.24, 2.45) is 0 Å². The molecule has 0 spiro atoms. The number of amides is 1. The molecule has 54 valence electrons. The molecular formula is C7H8BrNO. The van der Waals surface area contributed by atoms with Crippen molar-refractivity contribution < 1.29 is 4.79 Å². The average molecular weight is 202 g/mol. The fraction of sp³-hybridized carbons (Fsp3) is 0.286. The van der Waals surface area contributed by atoms with Crippen LogP contribution in [0.1, 0.15) is 6.92 Å². The summed E-state index contributed by atoms with van der Waals surface area (Å²) in [4.78, 5) is 12.5. The van der Waals surface area contributed by atoms with Crippen LogP contribution in [0.25, 0.3) is 0 Å². The van der Waals surface area contributed by atoms with Crippen LogP contribution < -0.4 is 0 Å². The van der Waals surface area contributed by atoms with Crippen LogP contribution in [-0.4, -0.2) is 15.8 Å². The zero-order valence-electron chi connectivity index (χ0n) is 5.62. The highest BCUT2D eigenvalue weighted by molar-refractivity contribution is 9.09. The van der Waals surface area contributed by atoms with Gasteiger partial charge in [0.1, 0.15) is 4.95 Å². The van der Waals surface area contributed by atoms with E-state index >= 15 is 0 Å². The Morgan fingerprint density at radius 3 is 2.70 bits per heavy atom. The zero-order chi connectivity index (χ0) is 7.56. The molecule has 1 amide bonds. The van der Waals surface area contributed by atoms with E-state index in [4.69, 9.17) is 0 Å². The number of hydrogen-bond donors (Lipinski definition) is 0. The molecule has 0 saturated carbocycles. The number of alkyl halides is 1. The maximum atomic E-state index is 10.8. The van der Waals surface area contributed by atoms with Crippen LogP contribution in [0.15, 0.2) is 24.4 Å². The van der Waals surface area contributed by atoms with E-state index in [0.29, 0.717) is 0 Å². The van der Waals surface area contributed by atoms with Gasteiger partial charge in [-0.15, -0.1) is 0 Å². The van der Waals surface area contributed by atoms with Crippen LogP contribution in [0.5, 0.6) is 0 Å². The van der Waals surface area contributed by atoms with Gasteiger partial charge in [-0.2, -0.15) is 0 Å².